The maximum absolute atomic E-state index is 12.6. The molecule has 0 bridgehead atoms. The number of hydrogen-bond donors (Lipinski definition) is 2. The summed E-state index contributed by atoms with van der Waals surface area (Å²) in [5.74, 6) is -0.348. The summed E-state index contributed by atoms with van der Waals surface area (Å²) < 4.78 is 25.2. The summed E-state index contributed by atoms with van der Waals surface area (Å²) in [6.45, 7) is 1.61. The van der Waals surface area contributed by atoms with Crippen LogP contribution in [0.5, 0.6) is 5.75 Å². The second kappa shape index (κ2) is 9.34. The number of hydrogen-bond acceptors (Lipinski definition) is 5. The Balaban J connectivity index is 1.51. The van der Waals surface area contributed by atoms with Crippen molar-refractivity contribution in [3.05, 3.63) is 52.5 Å². The van der Waals surface area contributed by atoms with Gasteiger partial charge in [-0.3, -0.25) is 4.79 Å². The summed E-state index contributed by atoms with van der Waals surface area (Å²) in [7, 11) is -3.55. The Morgan fingerprint density at radius 1 is 1.14 bits per heavy atom. The second-order valence-electron chi connectivity index (χ2n) is 7.02. The Hall–Kier alpha value is -1.80. The highest BCUT2D eigenvalue weighted by atomic mass is 35.5. The summed E-state index contributed by atoms with van der Waals surface area (Å²) in [6.07, 6.45) is 1.24. The van der Waals surface area contributed by atoms with Gasteiger partial charge in [0.2, 0.25) is 5.91 Å². The van der Waals surface area contributed by atoms with Crippen LogP contribution < -0.4 is 5.32 Å². The first-order chi connectivity index (χ1) is 13.8. The number of rotatable bonds is 6. The molecule has 2 N–H and O–H groups in total. The topological polar surface area (TPSA) is 86.7 Å². The molecule has 2 aromatic rings. The number of piperidine rings is 1. The first-order valence-electron chi connectivity index (χ1n) is 9.25. The first kappa shape index (κ1) is 21.9. The van der Waals surface area contributed by atoms with E-state index in [1.54, 1.807) is 24.3 Å². The zero-order chi connectivity index (χ0) is 21.0. The molecule has 0 unspecified atom stereocenters. The smallest absolute Gasteiger partial charge is 0.227 e. The van der Waals surface area contributed by atoms with Crippen LogP contribution in [-0.2, 0) is 14.6 Å². The molecule has 0 atom stereocenters. The fourth-order valence-corrected chi connectivity index (χ4v) is 5.40. The number of halogens is 2. The zero-order valence-electron chi connectivity index (χ0n) is 15.6. The van der Waals surface area contributed by atoms with Crippen LogP contribution in [0, 0.1) is 5.92 Å². The number of sulfone groups is 1. The van der Waals surface area contributed by atoms with Crippen LogP contribution in [-0.4, -0.2) is 49.7 Å². The van der Waals surface area contributed by atoms with Gasteiger partial charge in [0, 0.05) is 17.5 Å². The van der Waals surface area contributed by atoms with E-state index in [9.17, 15) is 18.3 Å². The Bertz CT molecular complexity index is 990. The summed E-state index contributed by atoms with van der Waals surface area (Å²) >= 11 is 11.9. The van der Waals surface area contributed by atoms with Gasteiger partial charge in [-0.05, 0) is 56.3 Å². The van der Waals surface area contributed by atoms with Crippen LogP contribution in [0.3, 0.4) is 0 Å². The number of phenolic OH excluding ortho intramolecular Hbond substituents is 1. The van der Waals surface area contributed by atoms with Crippen molar-refractivity contribution in [1.29, 1.82) is 0 Å². The molecular weight excluding hydrogens is 435 g/mol. The number of benzene rings is 2. The van der Waals surface area contributed by atoms with Crippen molar-refractivity contribution in [3.63, 3.8) is 0 Å². The van der Waals surface area contributed by atoms with Gasteiger partial charge >= 0.3 is 0 Å². The molecule has 0 aliphatic carbocycles. The standard InChI is InChI=1S/C20H22Cl2N2O4S/c21-15-5-6-16(22)19(13-15)29(27,28)12-11-24-9-7-14(8-10-24)20(26)23-17-3-1-2-4-18(17)25/h1-6,13-14,25H,7-12H2,(H,23,26). The largest absolute Gasteiger partial charge is 0.506 e. The number of aromatic hydroxyl groups is 1. The Morgan fingerprint density at radius 2 is 1.83 bits per heavy atom. The van der Waals surface area contributed by atoms with Gasteiger partial charge in [-0.25, -0.2) is 8.42 Å². The van der Waals surface area contributed by atoms with Crippen LogP contribution in [0.2, 0.25) is 10.0 Å². The molecule has 1 heterocycles. The number of amides is 1. The lowest BCUT2D eigenvalue weighted by molar-refractivity contribution is -0.121. The van der Waals surface area contributed by atoms with Crippen molar-refractivity contribution in [2.24, 2.45) is 5.92 Å². The predicted molar refractivity (Wildman–Crippen MR) is 114 cm³/mol. The van der Waals surface area contributed by atoms with Crippen LogP contribution in [0.25, 0.3) is 0 Å². The Kier molecular flexibility index (Phi) is 7.05. The SMILES string of the molecule is O=C(Nc1ccccc1O)C1CCN(CCS(=O)(=O)c2cc(Cl)ccc2Cl)CC1. The average molecular weight is 457 g/mol. The number of para-hydroxylation sites is 2. The van der Waals surface area contributed by atoms with E-state index in [2.05, 4.69) is 5.32 Å². The summed E-state index contributed by atoms with van der Waals surface area (Å²) in [5.41, 5.74) is 0.393. The zero-order valence-corrected chi connectivity index (χ0v) is 18.0. The highest BCUT2D eigenvalue weighted by Crippen LogP contribution is 2.27. The Labute approximate surface area is 180 Å². The molecule has 0 spiro atoms. The molecule has 29 heavy (non-hydrogen) atoms. The van der Waals surface area contributed by atoms with Crippen LogP contribution in [0.15, 0.2) is 47.4 Å². The lowest BCUT2D eigenvalue weighted by Gasteiger charge is -2.31. The number of nitrogens with zero attached hydrogens (tertiary/aromatic N) is 1. The van der Waals surface area contributed by atoms with Gasteiger partial charge in [-0.15, -0.1) is 0 Å². The fraction of sp³-hybridized carbons (Fsp3) is 0.350. The molecule has 1 aliphatic rings. The molecule has 3 rings (SSSR count). The van der Waals surface area contributed by atoms with Crippen LogP contribution in [0.1, 0.15) is 12.8 Å². The van der Waals surface area contributed by atoms with E-state index in [0.717, 1.165) is 0 Å². The molecule has 0 saturated carbocycles. The van der Waals surface area contributed by atoms with Gasteiger partial charge in [0.1, 0.15) is 5.75 Å². The van der Waals surface area contributed by atoms with E-state index in [4.69, 9.17) is 23.2 Å². The summed E-state index contributed by atoms with van der Waals surface area (Å²) in [5, 5.41) is 13.0. The third kappa shape index (κ3) is 5.63. The second-order valence-corrected chi connectivity index (χ2v) is 9.94. The van der Waals surface area contributed by atoms with Crippen molar-refractivity contribution in [2.45, 2.75) is 17.7 Å². The van der Waals surface area contributed by atoms with E-state index in [-0.39, 0.29) is 33.2 Å². The molecule has 1 saturated heterocycles. The maximum Gasteiger partial charge on any atom is 0.227 e. The number of carbonyl (C=O) groups is 1. The van der Waals surface area contributed by atoms with Gasteiger partial charge in [0.15, 0.2) is 9.84 Å². The molecule has 0 radical (unpaired) electrons. The third-order valence-corrected chi connectivity index (χ3v) is 7.43. The van der Waals surface area contributed by atoms with E-state index in [0.29, 0.717) is 43.2 Å². The minimum absolute atomic E-state index is 0.0307. The lowest BCUT2D eigenvalue weighted by Crippen LogP contribution is -2.40. The minimum atomic E-state index is -3.55. The number of nitrogens with one attached hydrogen (secondary N) is 1. The molecule has 1 aliphatic heterocycles. The van der Waals surface area contributed by atoms with Gasteiger partial charge in [-0.2, -0.15) is 0 Å². The highest BCUT2D eigenvalue weighted by molar-refractivity contribution is 7.91. The van der Waals surface area contributed by atoms with Gasteiger partial charge in [-0.1, -0.05) is 35.3 Å². The van der Waals surface area contributed by atoms with E-state index in [1.807, 2.05) is 4.90 Å². The van der Waals surface area contributed by atoms with Crippen molar-refractivity contribution >= 4 is 44.6 Å². The van der Waals surface area contributed by atoms with E-state index in [1.165, 1.54) is 18.2 Å². The third-order valence-electron chi connectivity index (χ3n) is 5.02. The number of carbonyl (C=O) groups excluding carboxylic acids is 1. The summed E-state index contributed by atoms with van der Waals surface area (Å²) in [6, 6.07) is 11.0. The molecule has 2 aromatic carbocycles. The van der Waals surface area contributed by atoms with Crippen LogP contribution in [0.4, 0.5) is 5.69 Å². The van der Waals surface area contributed by atoms with Gasteiger partial charge < -0.3 is 15.3 Å². The maximum atomic E-state index is 12.6. The number of phenols is 1. The average Bonchev–Trinajstić information content (AvgIpc) is 2.70. The Morgan fingerprint density at radius 3 is 2.52 bits per heavy atom. The van der Waals surface area contributed by atoms with Gasteiger partial charge in [0.05, 0.1) is 21.4 Å². The molecule has 1 fully saturated rings. The molecule has 6 nitrogen and oxygen atoms in total. The molecular formula is C20H22Cl2N2O4S. The molecule has 156 valence electrons. The molecule has 9 heteroatoms. The van der Waals surface area contributed by atoms with Crippen molar-refractivity contribution in [2.75, 3.05) is 30.7 Å². The normalized spacial score (nSPS) is 15.9. The van der Waals surface area contributed by atoms with Gasteiger partial charge in [0.25, 0.3) is 0 Å². The monoisotopic (exact) mass is 456 g/mol. The van der Waals surface area contributed by atoms with Crippen LogP contribution >= 0.6 is 23.2 Å². The van der Waals surface area contributed by atoms with E-state index < -0.39 is 9.84 Å². The molecule has 0 aromatic heterocycles. The van der Waals surface area contributed by atoms with Crippen molar-refractivity contribution in [1.82, 2.24) is 4.90 Å². The quantitative estimate of drug-likeness (QED) is 0.644. The highest BCUT2D eigenvalue weighted by Gasteiger charge is 2.27. The van der Waals surface area contributed by atoms with Crippen molar-refractivity contribution < 1.29 is 18.3 Å². The fourth-order valence-electron chi connectivity index (χ4n) is 3.31. The lowest BCUT2D eigenvalue weighted by atomic mass is 9.96. The molecule has 1 amide bonds. The number of anilines is 1. The summed E-state index contributed by atoms with van der Waals surface area (Å²) in [4.78, 5) is 14.5. The van der Waals surface area contributed by atoms with Crippen molar-refractivity contribution in [3.8, 4) is 5.75 Å². The minimum Gasteiger partial charge on any atom is -0.506 e. The van der Waals surface area contributed by atoms with E-state index >= 15 is 0 Å². The first-order valence-corrected chi connectivity index (χ1v) is 11.7. The number of likely N-dealkylation sites (tertiary alicyclic amines) is 1. The predicted octanol–water partition coefficient (Wildman–Crippen LogP) is 3.82.